The normalized spacial score (nSPS) is 14.2. The van der Waals surface area contributed by atoms with E-state index < -0.39 is 5.97 Å². The second-order valence-electron chi connectivity index (χ2n) is 7.27. The molecule has 148 valence electrons. The van der Waals surface area contributed by atoms with Crippen molar-refractivity contribution in [1.82, 2.24) is 10.3 Å². The van der Waals surface area contributed by atoms with Crippen LogP contribution < -0.4 is 5.32 Å². The van der Waals surface area contributed by atoms with E-state index in [1.807, 2.05) is 53.9 Å². The molecule has 0 bridgehead atoms. The zero-order chi connectivity index (χ0) is 20.1. The average Bonchev–Trinajstić information content (AvgIpc) is 3.42. The smallest absolute Gasteiger partial charge is 0.312 e. The van der Waals surface area contributed by atoms with E-state index in [2.05, 4.69) is 22.4 Å². The molecule has 5 nitrogen and oxygen atoms in total. The summed E-state index contributed by atoms with van der Waals surface area (Å²) in [5, 5.41) is 5.61. The first-order valence-corrected chi connectivity index (χ1v) is 10.5. The Balaban J connectivity index is 1.22. The molecular formula is C23H22N2O3S. The third-order valence-corrected chi connectivity index (χ3v) is 6.07. The SMILES string of the molecule is O=C(COC(=O)Cc1csc(-c2ccccc2)n1)NCC1(c2ccccc2)CC1. The van der Waals surface area contributed by atoms with Crippen LogP contribution in [0.4, 0.5) is 0 Å². The molecule has 1 fully saturated rings. The first kappa shape index (κ1) is 19.3. The molecule has 0 unspecified atom stereocenters. The van der Waals surface area contributed by atoms with Gasteiger partial charge in [-0.15, -0.1) is 11.3 Å². The Morgan fingerprint density at radius 3 is 2.41 bits per heavy atom. The number of benzene rings is 2. The van der Waals surface area contributed by atoms with Gasteiger partial charge in [0, 0.05) is 22.9 Å². The second kappa shape index (κ2) is 8.57. The average molecular weight is 407 g/mol. The van der Waals surface area contributed by atoms with E-state index in [0.717, 1.165) is 23.4 Å². The van der Waals surface area contributed by atoms with Crippen LogP contribution in [0.1, 0.15) is 24.1 Å². The molecule has 0 saturated heterocycles. The number of aromatic nitrogens is 1. The van der Waals surface area contributed by atoms with E-state index in [9.17, 15) is 9.59 Å². The maximum Gasteiger partial charge on any atom is 0.312 e. The molecule has 1 aliphatic rings. The number of nitrogens with zero attached hydrogens (tertiary/aromatic N) is 1. The van der Waals surface area contributed by atoms with Crippen molar-refractivity contribution >= 4 is 23.2 Å². The van der Waals surface area contributed by atoms with Crippen molar-refractivity contribution in [3.8, 4) is 10.6 Å². The molecule has 4 rings (SSSR count). The van der Waals surface area contributed by atoms with Crippen molar-refractivity contribution in [3.05, 3.63) is 77.3 Å². The molecule has 3 aromatic rings. The summed E-state index contributed by atoms with van der Waals surface area (Å²) in [6.45, 7) is 0.305. The van der Waals surface area contributed by atoms with Crippen molar-refractivity contribution in [3.63, 3.8) is 0 Å². The van der Waals surface area contributed by atoms with Crippen LogP contribution in [0.5, 0.6) is 0 Å². The van der Waals surface area contributed by atoms with E-state index >= 15 is 0 Å². The number of nitrogens with one attached hydrogen (secondary N) is 1. The van der Waals surface area contributed by atoms with Gasteiger partial charge in [-0.2, -0.15) is 0 Å². The number of rotatable bonds is 8. The lowest BCUT2D eigenvalue weighted by Gasteiger charge is -2.16. The Labute approximate surface area is 173 Å². The van der Waals surface area contributed by atoms with E-state index in [0.29, 0.717) is 12.2 Å². The summed E-state index contributed by atoms with van der Waals surface area (Å²) >= 11 is 1.49. The number of hydrogen-bond donors (Lipinski definition) is 1. The lowest BCUT2D eigenvalue weighted by Crippen LogP contribution is -2.35. The molecule has 0 aliphatic heterocycles. The largest absolute Gasteiger partial charge is 0.455 e. The van der Waals surface area contributed by atoms with Crippen molar-refractivity contribution in [2.45, 2.75) is 24.7 Å². The van der Waals surface area contributed by atoms with Gasteiger partial charge in [0.15, 0.2) is 6.61 Å². The summed E-state index contributed by atoms with van der Waals surface area (Å²) in [6, 6.07) is 20.0. The zero-order valence-corrected chi connectivity index (χ0v) is 16.8. The minimum absolute atomic E-state index is 0.0371. The number of hydrogen-bond acceptors (Lipinski definition) is 5. The standard InChI is InChI=1S/C23H22N2O3S/c26-20(24-16-23(11-12-23)18-9-5-2-6-10-18)14-28-21(27)13-19-15-29-22(25-19)17-7-3-1-4-8-17/h1-10,15H,11-14,16H2,(H,24,26). The monoisotopic (exact) mass is 406 g/mol. The van der Waals surface area contributed by atoms with Crippen LogP contribution in [0.3, 0.4) is 0 Å². The number of ether oxygens (including phenoxy) is 1. The van der Waals surface area contributed by atoms with Crippen molar-refractivity contribution < 1.29 is 14.3 Å². The number of carbonyl (C=O) groups excluding carboxylic acids is 2. The molecule has 1 aliphatic carbocycles. The lowest BCUT2D eigenvalue weighted by atomic mass is 9.96. The first-order chi connectivity index (χ1) is 14.1. The quantitative estimate of drug-likeness (QED) is 0.579. The van der Waals surface area contributed by atoms with E-state index in [1.165, 1.54) is 16.9 Å². The Bertz CT molecular complexity index is 982. The summed E-state index contributed by atoms with van der Waals surface area (Å²) < 4.78 is 5.13. The predicted molar refractivity (Wildman–Crippen MR) is 113 cm³/mol. The summed E-state index contributed by atoms with van der Waals surface area (Å²) in [7, 11) is 0. The predicted octanol–water partition coefficient (Wildman–Crippen LogP) is 3.74. The molecule has 1 aromatic heterocycles. The summed E-state index contributed by atoms with van der Waals surface area (Å²) in [5.41, 5.74) is 2.95. The van der Waals surface area contributed by atoms with Crippen molar-refractivity contribution in [1.29, 1.82) is 0 Å². The van der Waals surface area contributed by atoms with Gasteiger partial charge in [-0.3, -0.25) is 9.59 Å². The highest BCUT2D eigenvalue weighted by molar-refractivity contribution is 7.13. The van der Waals surface area contributed by atoms with Crippen molar-refractivity contribution in [2.24, 2.45) is 0 Å². The number of esters is 1. The molecule has 29 heavy (non-hydrogen) atoms. The van der Waals surface area contributed by atoms with Gasteiger partial charge in [0.1, 0.15) is 5.01 Å². The minimum Gasteiger partial charge on any atom is -0.455 e. The van der Waals surface area contributed by atoms with E-state index in [-0.39, 0.29) is 24.3 Å². The minimum atomic E-state index is -0.450. The molecule has 0 radical (unpaired) electrons. The number of carbonyl (C=O) groups is 2. The fourth-order valence-electron chi connectivity index (χ4n) is 3.28. The second-order valence-corrected chi connectivity index (χ2v) is 8.13. The van der Waals surface area contributed by atoms with E-state index in [1.54, 1.807) is 0 Å². The highest BCUT2D eigenvalue weighted by Gasteiger charge is 2.44. The molecule has 1 heterocycles. The Hall–Kier alpha value is -2.99. The fraction of sp³-hybridized carbons (Fsp3) is 0.261. The van der Waals surface area contributed by atoms with Crippen LogP contribution in [-0.2, 0) is 26.2 Å². The summed E-state index contributed by atoms with van der Waals surface area (Å²) in [4.78, 5) is 28.6. The van der Waals surface area contributed by atoms with Crippen LogP contribution in [-0.4, -0.2) is 30.0 Å². The van der Waals surface area contributed by atoms with Crippen LogP contribution >= 0.6 is 11.3 Å². The van der Waals surface area contributed by atoms with Gasteiger partial charge < -0.3 is 10.1 Å². The molecule has 1 saturated carbocycles. The van der Waals surface area contributed by atoms with Crippen LogP contribution in [0, 0.1) is 0 Å². The number of amides is 1. The molecule has 6 heteroatoms. The van der Waals surface area contributed by atoms with Gasteiger partial charge in [-0.1, -0.05) is 60.7 Å². The molecule has 1 N–H and O–H groups in total. The molecule has 0 spiro atoms. The van der Waals surface area contributed by atoms with Gasteiger partial charge >= 0.3 is 5.97 Å². The molecule has 1 amide bonds. The van der Waals surface area contributed by atoms with Crippen LogP contribution in [0.25, 0.3) is 10.6 Å². The Kier molecular flexibility index (Phi) is 5.71. The highest BCUT2D eigenvalue weighted by Crippen LogP contribution is 2.47. The highest BCUT2D eigenvalue weighted by atomic mass is 32.1. The Morgan fingerprint density at radius 1 is 1.03 bits per heavy atom. The molecule has 0 atom stereocenters. The third-order valence-electron chi connectivity index (χ3n) is 5.13. The Morgan fingerprint density at radius 2 is 1.72 bits per heavy atom. The summed E-state index contributed by atoms with van der Waals surface area (Å²) in [6.07, 6.45) is 2.18. The topological polar surface area (TPSA) is 68.3 Å². The van der Waals surface area contributed by atoms with Crippen LogP contribution in [0.2, 0.25) is 0 Å². The van der Waals surface area contributed by atoms with Crippen molar-refractivity contribution in [2.75, 3.05) is 13.2 Å². The third kappa shape index (κ3) is 4.90. The van der Waals surface area contributed by atoms with E-state index in [4.69, 9.17) is 4.74 Å². The fourth-order valence-corrected chi connectivity index (χ4v) is 4.10. The zero-order valence-electron chi connectivity index (χ0n) is 16.0. The maximum absolute atomic E-state index is 12.1. The number of thiazole rings is 1. The maximum atomic E-state index is 12.1. The first-order valence-electron chi connectivity index (χ1n) is 9.62. The van der Waals surface area contributed by atoms with Gasteiger partial charge in [0.25, 0.3) is 5.91 Å². The van der Waals surface area contributed by atoms with Gasteiger partial charge in [-0.25, -0.2) is 4.98 Å². The molecule has 2 aromatic carbocycles. The van der Waals surface area contributed by atoms with Crippen LogP contribution in [0.15, 0.2) is 66.0 Å². The van der Waals surface area contributed by atoms with Gasteiger partial charge in [-0.05, 0) is 18.4 Å². The molecular weight excluding hydrogens is 384 g/mol. The summed E-state index contributed by atoms with van der Waals surface area (Å²) in [5.74, 6) is -0.724. The van der Waals surface area contributed by atoms with Gasteiger partial charge in [0.05, 0.1) is 12.1 Å². The lowest BCUT2D eigenvalue weighted by molar-refractivity contribution is -0.147. The van der Waals surface area contributed by atoms with Gasteiger partial charge in [0.2, 0.25) is 0 Å².